The van der Waals surface area contributed by atoms with Crippen LogP contribution in [0.15, 0.2) is 18.2 Å². The summed E-state index contributed by atoms with van der Waals surface area (Å²) in [6.45, 7) is 5.38. The molecule has 2 rings (SSSR count). The molecular formula is C16H25ClN2O4. The normalized spacial score (nSPS) is 15.5. The summed E-state index contributed by atoms with van der Waals surface area (Å²) in [4.78, 5) is 12.1. The highest BCUT2D eigenvalue weighted by Crippen LogP contribution is 2.34. The third-order valence-corrected chi connectivity index (χ3v) is 3.57. The summed E-state index contributed by atoms with van der Waals surface area (Å²) in [5, 5.41) is 2.98. The van der Waals surface area contributed by atoms with Crippen molar-refractivity contribution in [3.63, 3.8) is 0 Å². The van der Waals surface area contributed by atoms with Gasteiger partial charge in [0.05, 0.1) is 12.6 Å². The topological polar surface area (TPSA) is 82.8 Å². The number of amides is 1. The van der Waals surface area contributed by atoms with E-state index in [-0.39, 0.29) is 36.9 Å². The number of methoxy groups -OCH3 is 1. The van der Waals surface area contributed by atoms with Gasteiger partial charge in [-0.25, -0.2) is 0 Å². The fraction of sp³-hybridized carbons (Fsp3) is 0.562. The molecule has 1 aliphatic rings. The minimum atomic E-state index is -0.677. The molecular weight excluding hydrogens is 320 g/mol. The Hall–Kier alpha value is -1.50. The monoisotopic (exact) mass is 344 g/mol. The highest BCUT2D eigenvalue weighted by Gasteiger charge is 2.23. The zero-order valence-electron chi connectivity index (χ0n) is 13.7. The van der Waals surface area contributed by atoms with Gasteiger partial charge >= 0.3 is 0 Å². The minimum absolute atomic E-state index is 0. The van der Waals surface area contributed by atoms with Crippen LogP contribution in [0.5, 0.6) is 11.5 Å². The summed E-state index contributed by atoms with van der Waals surface area (Å²) in [5.41, 5.74) is 6.75. The lowest BCUT2D eigenvalue weighted by Crippen LogP contribution is -2.45. The van der Waals surface area contributed by atoms with Gasteiger partial charge < -0.3 is 25.3 Å². The molecule has 1 aliphatic heterocycles. The van der Waals surface area contributed by atoms with E-state index in [1.807, 2.05) is 32.0 Å². The number of carbonyl (C=O) groups excluding carboxylic acids is 1. The van der Waals surface area contributed by atoms with Gasteiger partial charge in [0.2, 0.25) is 5.91 Å². The molecule has 6 nitrogen and oxygen atoms in total. The van der Waals surface area contributed by atoms with E-state index in [1.165, 1.54) is 7.11 Å². The molecule has 0 saturated heterocycles. The highest BCUT2D eigenvalue weighted by molar-refractivity contribution is 5.85. The van der Waals surface area contributed by atoms with Crippen LogP contribution in [-0.2, 0) is 9.53 Å². The summed E-state index contributed by atoms with van der Waals surface area (Å²) < 4.78 is 16.0. The third kappa shape index (κ3) is 4.99. The van der Waals surface area contributed by atoms with Crippen molar-refractivity contribution in [1.29, 1.82) is 0 Å². The Morgan fingerprint density at radius 2 is 1.96 bits per heavy atom. The molecule has 0 aromatic heterocycles. The van der Waals surface area contributed by atoms with Gasteiger partial charge in [0.1, 0.15) is 19.3 Å². The standard InChI is InChI=1S/C16H24N2O4.ClH/c1-10(2)15(18-16(19)12(17)9-20-3)11-4-5-13-14(8-11)22-7-6-21-13;/h4-5,8,10,12,15H,6-7,9,17H2,1-3H3,(H,18,19);1H. The van der Waals surface area contributed by atoms with Crippen LogP contribution in [0.25, 0.3) is 0 Å². The second-order valence-electron chi connectivity index (χ2n) is 5.70. The number of carbonyl (C=O) groups is 1. The van der Waals surface area contributed by atoms with Crippen molar-refractivity contribution in [3.8, 4) is 11.5 Å². The summed E-state index contributed by atoms with van der Waals surface area (Å²) in [6.07, 6.45) is 0. The van der Waals surface area contributed by atoms with Crippen LogP contribution in [0.2, 0.25) is 0 Å². The van der Waals surface area contributed by atoms with Crippen molar-refractivity contribution in [2.45, 2.75) is 25.9 Å². The average molecular weight is 345 g/mol. The smallest absolute Gasteiger partial charge is 0.239 e. The fourth-order valence-corrected chi connectivity index (χ4v) is 2.40. The largest absolute Gasteiger partial charge is 0.486 e. The van der Waals surface area contributed by atoms with Crippen LogP contribution in [-0.4, -0.2) is 38.9 Å². The molecule has 2 atom stereocenters. The van der Waals surface area contributed by atoms with Crippen LogP contribution in [0.1, 0.15) is 25.5 Å². The Morgan fingerprint density at radius 3 is 2.57 bits per heavy atom. The Labute approximate surface area is 143 Å². The van der Waals surface area contributed by atoms with Gasteiger partial charge in [-0.2, -0.15) is 0 Å². The third-order valence-electron chi connectivity index (χ3n) is 3.57. The Bertz CT molecular complexity index is 525. The first-order valence-corrected chi connectivity index (χ1v) is 7.47. The van der Waals surface area contributed by atoms with Crippen molar-refractivity contribution in [2.24, 2.45) is 11.7 Å². The Balaban J connectivity index is 0.00000264. The maximum atomic E-state index is 12.1. The molecule has 0 bridgehead atoms. The van der Waals surface area contributed by atoms with Crippen molar-refractivity contribution in [1.82, 2.24) is 5.32 Å². The first kappa shape index (κ1) is 19.5. The van der Waals surface area contributed by atoms with E-state index in [2.05, 4.69) is 5.32 Å². The predicted octanol–water partition coefficient (Wildman–Crippen LogP) is 1.67. The second-order valence-corrected chi connectivity index (χ2v) is 5.70. The summed E-state index contributed by atoms with van der Waals surface area (Å²) in [6, 6.07) is 4.91. The molecule has 1 amide bonds. The molecule has 2 unspecified atom stereocenters. The van der Waals surface area contributed by atoms with E-state index >= 15 is 0 Å². The number of halogens is 1. The Morgan fingerprint density at radius 1 is 1.30 bits per heavy atom. The number of benzene rings is 1. The molecule has 23 heavy (non-hydrogen) atoms. The number of rotatable bonds is 6. The zero-order chi connectivity index (χ0) is 16.1. The van der Waals surface area contributed by atoms with Gasteiger partial charge in [-0.3, -0.25) is 4.79 Å². The van der Waals surface area contributed by atoms with Crippen LogP contribution >= 0.6 is 12.4 Å². The lowest BCUT2D eigenvalue weighted by atomic mass is 9.95. The van der Waals surface area contributed by atoms with Crippen LogP contribution in [0, 0.1) is 5.92 Å². The SMILES string of the molecule is COCC(N)C(=O)NC(c1ccc2c(c1)OCCO2)C(C)C.Cl. The highest BCUT2D eigenvalue weighted by atomic mass is 35.5. The van der Waals surface area contributed by atoms with Gasteiger partial charge in [-0.1, -0.05) is 19.9 Å². The summed E-state index contributed by atoms with van der Waals surface area (Å²) in [5.74, 6) is 1.43. The molecule has 0 aliphatic carbocycles. The van der Waals surface area contributed by atoms with Gasteiger partial charge in [0.15, 0.2) is 11.5 Å². The van der Waals surface area contributed by atoms with Gasteiger partial charge in [-0.05, 0) is 23.6 Å². The lowest BCUT2D eigenvalue weighted by molar-refractivity contribution is -0.124. The Kier molecular flexibility index (Phi) is 7.61. The van der Waals surface area contributed by atoms with E-state index < -0.39 is 6.04 Å². The van der Waals surface area contributed by atoms with E-state index in [0.717, 1.165) is 11.3 Å². The number of nitrogens with two attached hydrogens (primary N) is 1. The number of ether oxygens (including phenoxy) is 3. The van der Waals surface area contributed by atoms with Gasteiger partial charge in [0.25, 0.3) is 0 Å². The fourth-order valence-electron chi connectivity index (χ4n) is 2.40. The number of hydrogen-bond donors (Lipinski definition) is 2. The van der Waals surface area contributed by atoms with Gasteiger partial charge in [0, 0.05) is 7.11 Å². The average Bonchev–Trinajstić information content (AvgIpc) is 2.51. The van der Waals surface area contributed by atoms with E-state index in [4.69, 9.17) is 19.9 Å². The first-order valence-electron chi connectivity index (χ1n) is 7.47. The first-order chi connectivity index (χ1) is 10.5. The minimum Gasteiger partial charge on any atom is -0.486 e. The van der Waals surface area contributed by atoms with E-state index in [0.29, 0.717) is 19.0 Å². The van der Waals surface area contributed by atoms with Crippen molar-refractivity contribution in [2.75, 3.05) is 26.9 Å². The molecule has 0 fully saturated rings. The lowest BCUT2D eigenvalue weighted by Gasteiger charge is -2.26. The molecule has 3 N–H and O–H groups in total. The molecule has 1 aromatic rings. The number of fused-ring (bicyclic) bond motifs is 1. The van der Waals surface area contributed by atoms with Crippen molar-refractivity contribution >= 4 is 18.3 Å². The quantitative estimate of drug-likeness (QED) is 0.820. The summed E-state index contributed by atoms with van der Waals surface area (Å²) >= 11 is 0. The molecule has 1 aromatic carbocycles. The molecule has 7 heteroatoms. The van der Waals surface area contributed by atoms with Crippen LogP contribution in [0.4, 0.5) is 0 Å². The van der Waals surface area contributed by atoms with Crippen molar-refractivity contribution in [3.05, 3.63) is 23.8 Å². The molecule has 1 heterocycles. The summed E-state index contributed by atoms with van der Waals surface area (Å²) in [7, 11) is 1.52. The number of nitrogens with one attached hydrogen (secondary N) is 1. The second kappa shape index (κ2) is 8.96. The van der Waals surface area contributed by atoms with E-state index in [1.54, 1.807) is 0 Å². The van der Waals surface area contributed by atoms with Crippen LogP contribution < -0.4 is 20.5 Å². The van der Waals surface area contributed by atoms with Gasteiger partial charge in [-0.15, -0.1) is 12.4 Å². The maximum absolute atomic E-state index is 12.1. The maximum Gasteiger partial charge on any atom is 0.239 e. The zero-order valence-corrected chi connectivity index (χ0v) is 14.5. The number of hydrogen-bond acceptors (Lipinski definition) is 5. The molecule has 0 spiro atoms. The molecule has 0 radical (unpaired) electrons. The van der Waals surface area contributed by atoms with E-state index in [9.17, 15) is 4.79 Å². The predicted molar refractivity (Wildman–Crippen MR) is 90.3 cm³/mol. The molecule has 130 valence electrons. The molecule has 0 saturated carbocycles. The van der Waals surface area contributed by atoms with Crippen molar-refractivity contribution < 1.29 is 19.0 Å². The van der Waals surface area contributed by atoms with Crippen LogP contribution in [0.3, 0.4) is 0 Å².